The molecule has 2 aromatic carbocycles. The maximum absolute atomic E-state index is 14.1. The first-order valence-corrected chi connectivity index (χ1v) is 8.77. The van der Waals surface area contributed by atoms with Crippen LogP contribution in [0.3, 0.4) is 0 Å². The highest BCUT2D eigenvalue weighted by Crippen LogP contribution is 2.39. The molecule has 0 saturated carbocycles. The standard InChI is InChI=1S/C18H19FN2OS/c1-2-13-7-3-6-10-16(13)20-18(22)21-11-12-23-17(21)14-8-4-5-9-15(14)19/h3-10,17H,2,11-12H2,1H3,(H,20,22)/t17-/m0/s1. The highest BCUT2D eigenvalue weighted by atomic mass is 32.2. The fourth-order valence-electron chi connectivity index (χ4n) is 2.75. The summed E-state index contributed by atoms with van der Waals surface area (Å²) in [5, 5.41) is 2.70. The van der Waals surface area contributed by atoms with Gasteiger partial charge in [-0.3, -0.25) is 0 Å². The van der Waals surface area contributed by atoms with Crippen LogP contribution in [0.1, 0.15) is 23.4 Å². The maximum Gasteiger partial charge on any atom is 0.323 e. The van der Waals surface area contributed by atoms with Crippen LogP contribution in [0, 0.1) is 5.82 Å². The van der Waals surface area contributed by atoms with Crippen LogP contribution in [0.15, 0.2) is 48.5 Å². The third kappa shape index (κ3) is 3.34. The first kappa shape index (κ1) is 15.9. The summed E-state index contributed by atoms with van der Waals surface area (Å²) < 4.78 is 14.1. The van der Waals surface area contributed by atoms with Crippen LogP contribution >= 0.6 is 11.8 Å². The first-order valence-electron chi connectivity index (χ1n) is 7.72. The largest absolute Gasteiger partial charge is 0.323 e. The highest BCUT2D eigenvalue weighted by Gasteiger charge is 2.32. The maximum atomic E-state index is 14.1. The predicted molar refractivity (Wildman–Crippen MR) is 93.1 cm³/mol. The van der Waals surface area contributed by atoms with Crippen molar-refractivity contribution in [2.75, 3.05) is 17.6 Å². The third-order valence-electron chi connectivity index (χ3n) is 3.96. The van der Waals surface area contributed by atoms with Gasteiger partial charge in [-0.25, -0.2) is 9.18 Å². The van der Waals surface area contributed by atoms with E-state index in [4.69, 9.17) is 0 Å². The molecule has 3 rings (SSSR count). The van der Waals surface area contributed by atoms with Crippen LogP contribution in [0.5, 0.6) is 0 Å². The number of hydrogen-bond donors (Lipinski definition) is 1. The summed E-state index contributed by atoms with van der Waals surface area (Å²) in [6.07, 6.45) is 0.849. The number of anilines is 1. The SMILES string of the molecule is CCc1ccccc1NC(=O)N1CCS[C@H]1c1ccccc1F. The van der Waals surface area contributed by atoms with Crippen LogP contribution in [0.25, 0.3) is 0 Å². The summed E-state index contributed by atoms with van der Waals surface area (Å²) in [5.41, 5.74) is 2.48. The Hall–Kier alpha value is -2.01. The molecule has 1 saturated heterocycles. The molecule has 5 heteroatoms. The van der Waals surface area contributed by atoms with Gasteiger partial charge in [-0.05, 0) is 24.1 Å². The van der Waals surface area contributed by atoms with Crippen molar-refractivity contribution in [3.63, 3.8) is 0 Å². The minimum Gasteiger partial charge on any atom is -0.308 e. The molecule has 1 heterocycles. The Morgan fingerprint density at radius 1 is 1.26 bits per heavy atom. The van der Waals surface area contributed by atoms with E-state index >= 15 is 0 Å². The quantitative estimate of drug-likeness (QED) is 0.887. The van der Waals surface area contributed by atoms with Gasteiger partial charge in [-0.1, -0.05) is 43.3 Å². The Labute approximate surface area is 139 Å². The van der Waals surface area contributed by atoms with Gasteiger partial charge in [0.2, 0.25) is 0 Å². The summed E-state index contributed by atoms with van der Waals surface area (Å²) in [7, 11) is 0. The average molecular weight is 330 g/mol. The summed E-state index contributed by atoms with van der Waals surface area (Å²) in [5.74, 6) is 0.542. The van der Waals surface area contributed by atoms with Gasteiger partial charge >= 0.3 is 6.03 Å². The van der Waals surface area contributed by atoms with E-state index in [2.05, 4.69) is 12.2 Å². The van der Waals surface area contributed by atoms with Gasteiger partial charge in [-0.15, -0.1) is 11.8 Å². The molecule has 1 fully saturated rings. The predicted octanol–water partition coefficient (Wildman–Crippen LogP) is 4.67. The van der Waals surface area contributed by atoms with Gasteiger partial charge < -0.3 is 10.2 Å². The minimum atomic E-state index is -0.273. The number of hydrogen-bond acceptors (Lipinski definition) is 2. The molecule has 120 valence electrons. The van der Waals surface area contributed by atoms with Gasteiger partial charge in [0.15, 0.2) is 0 Å². The second-order valence-electron chi connectivity index (χ2n) is 5.38. The summed E-state index contributed by atoms with van der Waals surface area (Å²) in [6.45, 7) is 2.67. The van der Waals surface area contributed by atoms with Crippen molar-refractivity contribution in [3.8, 4) is 0 Å². The summed E-state index contributed by atoms with van der Waals surface area (Å²) in [6, 6.07) is 14.3. The van der Waals surface area contributed by atoms with Crippen LogP contribution < -0.4 is 5.32 Å². The number of carbonyl (C=O) groups is 1. The Morgan fingerprint density at radius 2 is 2.00 bits per heavy atom. The molecule has 0 spiro atoms. The molecule has 0 aromatic heterocycles. The smallest absolute Gasteiger partial charge is 0.308 e. The highest BCUT2D eigenvalue weighted by molar-refractivity contribution is 7.99. The van der Waals surface area contributed by atoms with Crippen LogP contribution in [0.2, 0.25) is 0 Å². The second kappa shape index (κ2) is 7.04. The second-order valence-corrected chi connectivity index (χ2v) is 6.57. The van der Waals surface area contributed by atoms with Crippen molar-refractivity contribution in [2.24, 2.45) is 0 Å². The Kier molecular flexibility index (Phi) is 4.86. The lowest BCUT2D eigenvalue weighted by Gasteiger charge is -2.25. The Morgan fingerprint density at radius 3 is 2.78 bits per heavy atom. The van der Waals surface area contributed by atoms with E-state index in [9.17, 15) is 9.18 Å². The lowest BCUT2D eigenvalue weighted by molar-refractivity contribution is 0.213. The van der Waals surface area contributed by atoms with Gasteiger partial charge in [-0.2, -0.15) is 0 Å². The first-order chi connectivity index (χ1) is 11.2. The molecular formula is C18H19FN2OS. The molecule has 0 bridgehead atoms. The molecule has 0 unspecified atom stereocenters. The van der Waals surface area contributed by atoms with Crippen molar-refractivity contribution in [2.45, 2.75) is 18.7 Å². The number of carbonyl (C=O) groups excluding carboxylic acids is 1. The van der Waals surface area contributed by atoms with Crippen molar-refractivity contribution >= 4 is 23.5 Å². The molecular weight excluding hydrogens is 311 g/mol. The number of aryl methyl sites for hydroxylation is 1. The van der Waals surface area contributed by atoms with Crippen molar-refractivity contribution in [1.82, 2.24) is 4.90 Å². The minimum absolute atomic E-state index is 0.177. The van der Waals surface area contributed by atoms with Crippen molar-refractivity contribution in [3.05, 3.63) is 65.5 Å². The monoisotopic (exact) mass is 330 g/mol. The molecule has 23 heavy (non-hydrogen) atoms. The molecule has 3 nitrogen and oxygen atoms in total. The number of para-hydroxylation sites is 1. The topological polar surface area (TPSA) is 32.3 Å². The Bertz CT molecular complexity index is 707. The Balaban J connectivity index is 1.80. The van der Waals surface area contributed by atoms with E-state index in [1.54, 1.807) is 34.9 Å². The van der Waals surface area contributed by atoms with Crippen molar-refractivity contribution < 1.29 is 9.18 Å². The van der Waals surface area contributed by atoms with Gasteiger partial charge in [0.05, 0.1) is 0 Å². The molecule has 1 N–H and O–H groups in total. The number of rotatable bonds is 3. The van der Waals surface area contributed by atoms with E-state index in [1.165, 1.54) is 6.07 Å². The molecule has 0 aliphatic carbocycles. The van der Waals surface area contributed by atoms with Crippen LogP contribution in [0.4, 0.5) is 14.9 Å². The van der Waals surface area contributed by atoms with E-state index < -0.39 is 0 Å². The number of urea groups is 1. The normalized spacial score (nSPS) is 17.3. The zero-order chi connectivity index (χ0) is 16.2. The zero-order valence-corrected chi connectivity index (χ0v) is 13.8. The molecule has 2 amide bonds. The fourth-order valence-corrected chi connectivity index (χ4v) is 4.03. The fraction of sp³-hybridized carbons (Fsp3) is 0.278. The molecule has 0 radical (unpaired) electrons. The van der Waals surface area contributed by atoms with Gasteiger partial charge in [0.25, 0.3) is 0 Å². The molecule has 2 aromatic rings. The zero-order valence-electron chi connectivity index (χ0n) is 13.0. The van der Waals surface area contributed by atoms with E-state index in [-0.39, 0.29) is 17.2 Å². The van der Waals surface area contributed by atoms with E-state index in [0.717, 1.165) is 23.4 Å². The molecule has 1 aliphatic heterocycles. The van der Waals surface area contributed by atoms with Crippen LogP contribution in [-0.4, -0.2) is 23.2 Å². The molecule has 1 atom stereocenters. The van der Waals surface area contributed by atoms with Crippen molar-refractivity contribution in [1.29, 1.82) is 0 Å². The average Bonchev–Trinajstić information content (AvgIpc) is 3.05. The lowest BCUT2D eigenvalue weighted by Crippen LogP contribution is -2.34. The van der Waals surface area contributed by atoms with Crippen LogP contribution in [-0.2, 0) is 6.42 Å². The van der Waals surface area contributed by atoms with E-state index in [0.29, 0.717) is 12.1 Å². The number of nitrogens with one attached hydrogen (secondary N) is 1. The lowest BCUT2D eigenvalue weighted by atomic mass is 10.1. The number of benzene rings is 2. The van der Waals surface area contributed by atoms with E-state index in [1.807, 2.05) is 24.3 Å². The van der Waals surface area contributed by atoms with Gasteiger partial charge in [0.1, 0.15) is 11.2 Å². The summed E-state index contributed by atoms with van der Waals surface area (Å²) in [4.78, 5) is 14.4. The third-order valence-corrected chi connectivity index (χ3v) is 5.21. The number of nitrogens with zero attached hydrogens (tertiary/aromatic N) is 1. The number of thioether (sulfide) groups is 1. The summed E-state index contributed by atoms with van der Waals surface area (Å²) >= 11 is 1.59. The molecule has 1 aliphatic rings. The van der Waals surface area contributed by atoms with Gasteiger partial charge in [0, 0.05) is 23.5 Å². The number of amides is 2. The number of halogens is 1.